The Morgan fingerprint density at radius 2 is 1.83 bits per heavy atom. The summed E-state index contributed by atoms with van der Waals surface area (Å²) in [5, 5.41) is 0. The molecule has 0 aromatic carbocycles. The first-order valence-electron chi connectivity index (χ1n) is 7.81. The SMILES string of the molecule is CC1CN(C)CCCN1CCC1(N)CCCCC1. The van der Waals surface area contributed by atoms with Crippen LogP contribution in [0.3, 0.4) is 0 Å². The zero-order valence-corrected chi connectivity index (χ0v) is 12.3. The van der Waals surface area contributed by atoms with Crippen LogP contribution in [0, 0.1) is 0 Å². The number of hydrogen-bond donors (Lipinski definition) is 1. The minimum atomic E-state index is 0.149. The van der Waals surface area contributed by atoms with Crippen molar-refractivity contribution in [3.8, 4) is 0 Å². The van der Waals surface area contributed by atoms with Crippen molar-refractivity contribution < 1.29 is 0 Å². The van der Waals surface area contributed by atoms with Gasteiger partial charge < -0.3 is 10.6 Å². The third-order valence-corrected chi connectivity index (χ3v) is 4.93. The van der Waals surface area contributed by atoms with Crippen LogP contribution < -0.4 is 5.73 Å². The molecule has 2 aliphatic rings. The summed E-state index contributed by atoms with van der Waals surface area (Å²) in [6, 6.07) is 0.685. The van der Waals surface area contributed by atoms with E-state index in [1.54, 1.807) is 0 Å². The van der Waals surface area contributed by atoms with E-state index in [0.29, 0.717) is 6.04 Å². The molecule has 3 heteroatoms. The largest absolute Gasteiger partial charge is 0.325 e. The van der Waals surface area contributed by atoms with E-state index in [1.807, 2.05) is 0 Å². The van der Waals surface area contributed by atoms with E-state index in [2.05, 4.69) is 23.8 Å². The molecular formula is C15H31N3. The van der Waals surface area contributed by atoms with Crippen LogP contribution in [0.2, 0.25) is 0 Å². The van der Waals surface area contributed by atoms with Crippen molar-refractivity contribution in [2.75, 3.05) is 33.2 Å². The number of likely N-dealkylation sites (N-methyl/N-ethyl adjacent to an activating group) is 1. The predicted molar refractivity (Wildman–Crippen MR) is 77.8 cm³/mol. The quantitative estimate of drug-likeness (QED) is 0.836. The van der Waals surface area contributed by atoms with Crippen LogP contribution in [0.15, 0.2) is 0 Å². The number of hydrogen-bond acceptors (Lipinski definition) is 3. The molecular weight excluding hydrogens is 222 g/mol. The Kier molecular flexibility index (Phi) is 5.05. The summed E-state index contributed by atoms with van der Waals surface area (Å²) >= 11 is 0. The van der Waals surface area contributed by atoms with Gasteiger partial charge in [0.25, 0.3) is 0 Å². The zero-order valence-electron chi connectivity index (χ0n) is 12.3. The van der Waals surface area contributed by atoms with Gasteiger partial charge >= 0.3 is 0 Å². The monoisotopic (exact) mass is 253 g/mol. The minimum Gasteiger partial charge on any atom is -0.325 e. The number of nitrogens with zero attached hydrogens (tertiary/aromatic N) is 2. The van der Waals surface area contributed by atoms with Crippen molar-refractivity contribution in [1.29, 1.82) is 0 Å². The maximum Gasteiger partial charge on any atom is 0.0194 e. The van der Waals surface area contributed by atoms with Crippen molar-refractivity contribution >= 4 is 0 Å². The third-order valence-electron chi connectivity index (χ3n) is 4.93. The summed E-state index contributed by atoms with van der Waals surface area (Å²) in [6.07, 6.45) is 9.07. The molecule has 3 nitrogen and oxygen atoms in total. The second kappa shape index (κ2) is 6.36. The van der Waals surface area contributed by atoms with Crippen molar-refractivity contribution in [2.45, 2.75) is 63.5 Å². The molecule has 0 radical (unpaired) electrons. The highest BCUT2D eigenvalue weighted by molar-refractivity contribution is 4.89. The van der Waals surface area contributed by atoms with Crippen LogP contribution in [0.25, 0.3) is 0 Å². The summed E-state index contributed by atoms with van der Waals surface area (Å²) in [5.74, 6) is 0. The van der Waals surface area contributed by atoms with Gasteiger partial charge in [0, 0.05) is 24.7 Å². The molecule has 1 aliphatic heterocycles. The van der Waals surface area contributed by atoms with Crippen molar-refractivity contribution in [2.24, 2.45) is 5.73 Å². The lowest BCUT2D eigenvalue weighted by molar-refractivity contribution is 0.168. The highest BCUT2D eigenvalue weighted by Gasteiger charge is 2.29. The summed E-state index contributed by atoms with van der Waals surface area (Å²) in [6.45, 7) is 7.27. The van der Waals surface area contributed by atoms with Gasteiger partial charge in [-0.15, -0.1) is 0 Å². The van der Waals surface area contributed by atoms with E-state index in [9.17, 15) is 0 Å². The minimum absolute atomic E-state index is 0.149. The second-order valence-electron chi connectivity index (χ2n) is 6.67. The van der Waals surface area contributed by atoms with Crippen LogP contribution in [-0.4, -0.2) is 54.6 Å². The van der Waals surface area contributed by atoms with E-state index in [-0.39, 0.29) is 5.54 Å². The fraction of sp³-hybridized carbons (Fsp3) is 1.00. The molecule has 2 rings (SSSR count). The molecule has 1 saturated carbocycles. The second-order valence-corrected chi connectivity index (χ2v) is 6.67. The van der Waals surface area contributed by atoms with Gasteiger partial charge in [-0.2, -0.15) is 0 Å². The summed E-state index contributed by atoms with van der Waals surface area (Å²) < 4.78 is 0. The summed E-state index contributed by atoms with van der Waals surface area (Å²) in [4.78, 5) is 5.12. The van der Waals surface area contributed by atoms with Crippen LogP contribution in [0.4, 0.5) is 0 Å². The Labute approximate surface area is 113 Å². The molecule has 0 aromatic heterocycles. The van der Waals surface area contributed by atoms with Gasteiger partial charge in [-0.3, -0.25) is 4.90 Å². The summed E-state index contributed by atoms with van der Waals surface area (Å²) in [7, 11) is 2.24. The Morgan fingerprint density at radius 1 is 1.11 bits per heavy atom. The number of rotatable bonds is 3. The van der Waals surface area contributed by atoms with Gasteiger partial charge in [0.15, 0.2) is 0 Å². The molecule has 0 aromatic rings. The molecule has 1 saturated heterocycles. The van der Waals surface area contributed by atoms with E-state index in [0.717, 1.165) is 0 Å². The Bertz CT molecular complexity index is 248. The molecule has 0 bridgehead atoms. The predicted octanol–water partition coefficient (Wildman–Crippen LogP) is 2.06. The standard InChI is InChI=1S/C15H31N3/c1-14-13-17(2)10-6-11-18(14)12-9-15(16)7-4-3-5-8-15/h14H,3-13,16H2,1-2H3. The smallest absolute Gasteiger partial charge is 0.0194 e. The van der Waals surface area contributed by atoms with E-state index >= 15 is 0 Å². The maximum absolute atomic E-state index is 6.55. The molecule has 2 N–H and O–H groups in total. The van der Waals surface area contributed by atoms with Gasteiger partial charge in [-0.25, -0.2) is 0 Å². The molecule has 1 aliphatic carbocycles. The first-order chi connectivity index (χ1) is 8.59. The Morgan fingerprint density at radius 3 is 2.56 bits per heavy atom. The van der Waals surface area contributed by atoms with Gasteiger partial charge in [-0.05, 0) is 52.7 Å². The van der Waals surface area contributed by atoms with Crippen molar-refractivity contribution in [3.63, 3.8) is 0 Å². The lowest BCUT2D eigenvalue weighted by Gasteiger charge is -2.36. The highest BCUT2D eigenvalue weighted by atomic mass is 15.2. The fourth-order valence-electron chi connectivity index (χ4n) is 3.63. The van der Waals surface area contributed by atoms with Gasteiger partial charge in [0.05, 0.1) is 0 Å². The number of nitrogens with two attached hydrogens (primary N) is 1. The molecule has 0 amide bonds. The van der Waals surface area contributed by atoms with Gasteiger partial charge in [-0.1, -0.05) is 19.3 Å². The van der Waals surface area contributed by atoms with Gasteiger partial charge in [0.2, 0.25) is 0 Å². The molecule has 1 atom stereocenters. The fourth-order valence-corrected chi connectivity index (χ4v) is 3.63. The molecule has 1 unspecified atom stereocenters. The first-order valence-corrected chi connectivity index (χ1v) is 7.81. The molecule has 1 heterocycles. The van der Waals surface area contributed by atoms with Crippen LogP contribution in [0.1, 0.15) is 51.9 Å². The molecule has 18 heavy (non-hydrogen) atoms. The van der Waals surface area contributed by atoms with Crippen LogP contribution >= 0.6 is 0 Å². The highest BCUT2D eigenvalue weighted by Crippen LogP contribution is 2.29. The third kappa shape index (κ3) is 3.94. The molecule has 0 spiro atoms. The van der Waals surface area contributed by atoms with E-state index in [1.165, 1.54) is 71.1 Å². The Balaban J connectivity index is 1.81. The van der Waals surface area contributed by atoms with Crippen LogP contribution in [0.5, 0.6) is 0 Å². The topological polar surface area (TPSA) is 32.5 Å². The summed E-state index contributed by atoms with van der Waals surface area (Å²) in [5.41, 5.74) is 6.70. The normalized spacial score (nSPS) is 31.2. The average molecular weight is 253 g/mol. The van der Waals surface area contributed by atoms with Crippen molar-refractivity contribution in [1.82, 2.24) is 9.80 Å². The maximum atomic E-state index is 6.55. The Hall–Kier alpha value is -0.120. The van der Waals surface area contributed by atoms with Crippen LogP contribution in [-0.2, 0) is 0 Å². The average Bonchev–Trinajstić information content (AvgIpc) is 2.49. The molecule has 106 valence electrons. The first kappa shape index (κ1) is 14.3. The van der Waals surface area contributed by atoms with E-state index < -0.39 is 0 Å². The van der Waals surface area contributed by atoms with Crippen molar-refractivity contribution in [3.05, 3.63) is 0 Å². The van der Waals surface area contributed by atoms with Gasteiger partial charge in [0.1, 0.15) is 0 Å². The lowest BCUT2D eigenvalue weighted by Crippen LogP contribution is -2.46. The molecule has 2 fully saturated rings. The van der Waals surface area contributed by atoms with E-state index in [4.69, 9.17) is 5.73 Å². The lowest BCUT2D eigenvalue weighted by atomic mass is 9.80. The zero-order chi connectivity index (χ0) is 13.0.